The van der Waals surface area contributed by atoms with Gasteiger partial charge in [0, 0.05) is 23.8 Å². The van der Waals surface area contributed by atoms with Crippen molar-refractivity contribution in [3.63, 3.8) is 0 Å². The molecule has 1 fully saturated rings. The Balaban J connectivity index is 1.99. The van der Waals surface area contributed by atoms with E-state index in [1.54, 1.807) is 0 Å². The Hall–Kier alpha value is -1.02. The van der Waals surface area contributed by atoms with E-state index in [1.165, 1.54) is 11.3 Å². The van der Waals surface area contributed by atoms with Crippen LogP contribution in [0.5, 0.6) is 0 Å². The van der Waals surface area contributed by atoms with Crippen LogP contribution in [0.3, 0.4) is 0 Å². The summed E-state index contributed by atoms with van der Waals surface area (Å²) >= 11 is 0. The topological polar surface area (TPSA) is 21.3 Å². The van der Waals surface area contributed by atoms with Gasteiger partial charge in [-0.25, -0.2) is 0 Å². The summed E-state index contributed by atoms with van der Waals surface area (Å²) < 4.78 is 5.85. The third-order valence-electron chi connectivity index (χ3n) is 4.81. The van der Waals surface area contributed by atoms with Gasteiger partial charge < -0.3 is 10.1 Å². The van der Waals surface area contributed by atoms with E-state index in [1.807, 2.05) is 0 Å². The van der Waals surface area contributed by atoms with E-state index < -0.39 is 0 Å². The van der Waals surface area contributed by atoms with Crippen molar-refractivity contribution in [1.82, 2.24) is 0 Å². The van der Waals surface area contributed by atoms with Gasteiger partial charge >= 0.3 is 0 Å². The minimum absolute atomic E-state index is 0.263. The van der Waals surface area contributed by atoms with E-state index >= 15 is 0 Å². The molecule has 1 aromatic rings. The van der Waals surface area contributed by atoms with Crippen LogP contribution in [-0.4, -0.2) is 18.8 Å². The standard InChI is InChI=1S/C17H27NO/c1-5-13-8-10-14(11-9-13)18-15-12-16(19-7-3)17(15,4)6-2/h8-11,15-16,18H,5-7,12H2,1-4H3. The van der Waals surface area contributed by atoms with Gasteiger partial charge in [0.15, 0.2) is 0 Å². The average Bonchev–Trinajstić information content (AvgIpc) is 2.46. The fourth-order valence-corrected chi connectivity index (χ4v) is 3.01. The fourth-order valence-electron chi connectivity index (χ4n) is 3.01. The third-order valence-corrected chi connectivity index (χ3v) is 4.81. The summed E-state index contributed by atoms with van der Waals surface area (Å²) in [6.07, 6.45) is 3.79. The normalized spacial score (nSPS) is 29.9. The molecule has 1 aliphatic carbocycles. The van der Waals surface area contributed by atoms with Gasteiger partial charge in [-0.3, -0.25) is 0 Å². The molecule has 0 aliphatic heterocycles. The number of ether oxygens (including phenoxy) is 1. The van der Waals surface area contributed by atoms with Gasteiger partial charge in [-0.1, -0.05) is 32.9 Å². The quantitative estimate of drug-likeness (QED) is 0.826. The van der Waals surface area contributed by atoms with Gasteiger partial charge in [0.05, 0.1) is 6.10 Å². The number of nitrogens with one attached hydrogen (secondary N) is 1. The Morgan fingerprint density at radius 1 is 1.21 bits per heavy atom. The molecule has 3 atom stereocenters. The van der Waals surface area contributed by atoms with Crippen LogP contribution in [0.2, 0.25) is 0 Å². The minimum atomic E-state index is 0.263. The van der Waals surface area contributed by atoms with Crippen molar-refractivity contribution in [2.75, 3.05) is 11.9 Å². The summed E-state index contributed by atoms with van der Waals surface area (Å²) in [6, 6.07) is 9.35. The lowest BCUT2D eigenvalue weighted by atomic mass is 9.61. The molecule has 0 amide bonds. The largest absolute Gasteiger partial charge is 0.382 e. The maximum atomic E-state index is 5.85. The molecule has 0 aromatic heterocycles. The lowest BCUT2D eigenvalue weighted by molar-refractivity contribution is -0.109. The predicted molar refractivity (Wildman–Crippen MR) is 81.7 cm³/mol. The zero-order valence-electron chi connectivity index (χ0n) is 12.7. The van der Waals surface area contributed by atoms with E-state index in [0.717, 1.165) is 25.9 Å². The zero-order chi connectivity index (χ0) is 13.9. The summed E-state index contributed by atoms with van der Waals surface area (Å²) in [4.78, 5) is 0. The monoisotopic (exact) mass is 261 g/mol. The highest BCUT2D eigenvalue weighted by Gasteiger charge is 2.51. The highest BCUT2D eigenvalue weighted by Crippen LogP contribution is 2.47. The van der Waals surface area contributed by atoms with Gasteiger partial charge in [0.1, 0.15) is 0 Å². The first kappa shape index (κ1) is 14.4. The molecule has 106 valence electrons. The van der Waals surface area contributed by atoms with Crippen molar-refractivity contribution in [3.05, 3.63) is 29.8 Å². The van der Waals surface area contributed by atoms with E-state index in [2.05, 4.69) is 57.3 Å². The van der Waals surface area contributed by atoms with E-state index in [0.29, 0.717) is 12.1 Å². The molecular formula is C17H27NO. The molecule has 2 nitrogen and oxygen atoms in total. The fraction of sp³-hybridized carbons (Fsp3) is 0.647. The number of benzene rings is 1. The Morgan fingerprint density at radius 2 is 1.89 bits per heavy atom. The first-order chi connectivity index (χ1) is 9.13. The molecule has 1 saturated carbocycles. The molecule has 1 aromatic carbocycles. The van der Waals surface area contributed by atoms with Crippen LogP contribution in [0, 0.1) is 5.41 Å². The molecule has 0 spiro atoms. The third kappa shape index (κ3) is 2.79. The first-order valence-corrected chi connectivity index (χ1v) is 7.61. The summed E-state index contributed by atoms with van der Waals surface area (Å²) in [6.45, 7) is 9.70. The van der Waals surface area contributed by atoms with Gasteiger partial charge in [-0.2, -0.15) is 0 Å². The van der Waals surface area contributed by atoms with Crippen molar-refractivity contribution in [1.29, 1.82) is 0 Å². The summed E-state index contributed by atoms with van der Waals surface area (Å²) in [5, 5.41) is 3.68. The van der Waals surface area contributed by atoms with Crippen molar-refractivity contribution in [3.8, 4) is 0 Å². The minimum Gasteiger partial charge on any atom is -0.382 e. The lowest BCUT2D eigenvalue weighted by Gasteiger charge is -2.54. The average molecular weight is 261 g/mol. The maximum Gasteiger partial charge on any atom is 0.0667 e. The molecule has 0 bridgehead atoms. The van der Waals surface area contributed by atoms with Crippen LogP contribution < -0.4 is 5.32 Å². The van der Waals surface area contributed by atoms with Gasteiger partial charge in [-0.15, -0.1) is 0 Å². The van der Waals surface area contributed by atoms with Gasteiger partial charge in [0.2, 0.25) is 0 Å². The first-order valence-electron chi connectivity index (χ1n) is 7.61. The molecular weight excluding hydrogens is 234 g/mol. The van der Waals surface area contributed by atoms with E-state index in [-0.39, 0.29) is 5.41 Å². The molecule has 0 saturated heterocycles. The van der Waals surface area contributed by atoms with Crippen LogP contribution in [0.1, 0.15) is 46.1 Å². The number of rotatable bonds is 6. The molecule has 0 heterocycles. The Kier molecular flexibility index (Phi) is 4.51. The summed E-state index contributed by atoms with van der Waals surface area (Å²) in [5.41, 5.74) is 2.89. The number of aryl methyl sites for hydroxylation is 1. The Bertz CT molecular complexity index is 400. The number of hydrogen-bond acceptors (Lipinski definition) is 2. The van der Waals surface area contributed by atoms with Crippen LogP contribution in [0.4, 0.5) is 5.69 Å². The van der Waals surface area contributed by atoms with Gasteiger partial charge in [0.25, 0.3) is 0 Å². The SMILES string of the molecule is CCOC1CC(Nc2ccc(CC)cc2)C1(C)CC. The molecule has 1 aliphatic rings. The second kappa shape index (κ2) is 5.96. The lowest BCUT2D eigenvalue weighted by Crippen LogP contribution is -2.59. The second-order valence-corrected chi connectivity index (χ2v) is 5.79. The van der Waals surface area contributed by atoms with Crippen LogP contribution in [0.25, 0.3) is 0 Å². The number of hydrogen-bond donors (Lipinski definition) is 1. The molecule has 2 heteroatoms. The molecule has 1 N–H and O–H groups in total. The zero-order valence-corrected chi connectivity index (χ0v) is 12.7. The Labute approximate surface area is 117 Å². The van der Waals surface area contributed by atoms with Crippen molar-refractivity contribution >= 4 is 5.69 Å². The second-order valence-electron chi connectivity index (χ2n) is 5.79. The summed E-state index contributed by atoms with van der Waals surface area (Å²) in [5.74, 6) is 0. The highest BCUT2D eigenvalue weighted by atomic mass is 16.5. The number of anilines is 1. The van der Waals surface area contributed by atoms with E-state index in [4.69, 9.17) is 4.74 Å². The van der Waals surface area contributed by atoms with E-state index in [9.17, 15) is 0 Å². The van der Waals surface area contributed by atoms with Crippen molar-refractivity contribution in [2.24, 2.45) is 5.41 Å². The summed E-state index contributed by atoms with van der Waals surface area (Å²) in [7, 11) is 0. The van der Waals surface area contributed by atoms with Crippen LogP contribution in [-0.2, 0) is 11.2 Å². The van der Waals surface area contributed by atoms with Crippen molar-refractivity contribution in [2.45, 2.75) is 59.1 Å². The molecule has 19 heavy (non-hydrogen) atoms. The Morgan fingerprint density at radius 3 is 2.42 bits per heavy atom. The molecule has 0 radical (unpaired) electrons. The molecule has 2 rings (SSSR count). The predicted octanol–water partition coefficient (Wildman–Crippen LogP) is 4.25. The van der Waals surface area contributed by atoms with Crippen LogP contribution >= 0.6 is 0 Å². The van der Waals surface area contributed by atoms with Gasteiger partial charge in [-0.05, 0) is 43.9 Å². The van der Waals surface area contributed by atoms with Crippen molar-refractivity contribution < 1.29 is 4.74 Å². The highest BCUT2D eigenvalue weighted by molar-refractivity contribution is 5.46. The smallest absolute Gasteiger partial charge is 0.0667 e. The molecule has 3 unspecified atom stereocenters. The van der Waals surface area contributed by atoms with Crippen LogP contribution in [0.15, 0.2) is 24.3 Å². The maximum absolute atomic E-state index is 5.85.